The lowest BCUT2D eigenvalue weighted by atomic mass is 10.1. The molecule has 22 heavy (non-hydrogen) atoms. The topological polar surface area (TPSA) is 91.8 Å². The van der Waals surface area contributed by atoms with Crippen molar-refractivity contribution < 1.29 is 9.90 Å². The fourth-order valence-electron chi connectivity index (χ4n) is 1.78. The number of pyridine rings is 1. The molecule has 0 aliphatic heterocycles. The first-order chi connectivity index (χ1) is 10.6. The largest absolute Gasteiger partial charge is 0.476 e. The highest BCUT2D eigenvalue weighted by molar-refractivity contribution is 9.10. The summed E-state index contributed by atoms with van der Waals surface area (Å²) in [5, 5.41) is 19.7. The molecule has 3 rings (SSSR count). The zero-order valence-electron chi connectivity index (χ0n) is 11.0. The van der Waals surface area contributed by atoms with Crippen LogP contribution in [0.3, 0.4) is 0 Å². The first-order valence-electron chi connectivity index (χ1n) is 6.17. The second kappa shape index (κ2) is 6.29. The van der Waals surface area contributed by atoms with Gasteiger partial charge in [-0.1, -0.05) is 34.1 Å². The summed E-state index contributed by atoms with van der Waals surface area (Å²) in [6.45, 7) is 0. The van der Waals surface area contributed by atoms with E-state index in [0.29, 0.717) is 5.03 Å². The summed E-state index contributed by atoms with van der Waals surface area (Å²) in [5.74, 6) is -1.12. The molecule has 0 radical (unpaired) electrons. The van der Waals surface area contributed by atoms with Crippen LogP contribution < -0.4 is 0 Å². The van der Waals surface area contributed by atoms with Crippen LogP contribution in [0.5, 0.6) is 0 Å². The van der Waals surface area contributed by atoms with E-state index in [0.717, 1.165) is 27.4 Å². The predicted octanol–water partition coefficient (Wildman–Crippen LogP) is 3.48. The lowest BCUT2D eigenvalue weighted by Crippen LogP contribution is -1.98. The number of hydrogen-bond acceptors (Lipinski definition) is 5. The van der Waals surface area contributed by atoms with Gasteiger partial charge in [-0.15, -0.1) is 10.2 Å². The summed E-state index contributed by atoms with van der Waals surface area (Å²) < 4.78 is 1.02. The van der Waals surface area contributed by atoms with Gasteiger partial charge in [-0.3, -0.25) is 0 Å². The smallest absolute Gasteiger partial charge is 0.359 e. The molecule has 0 saturated heterocycles. The van der Waals surface area contributed by atoms with Crippen LogP contribution in [0.4, 0.5) is 0 Å². The molecule has 2 heterocycles. The van der Waals surface area contributed by atoms with Gasteiger partial charge in [-0.25, -0.2) is 9.78 Å². The minimum atomic E-state index is -1.12. The second-order valence-corrected chi connectivity index (χ2v) is 6.20. The number of aromatic nitrogens is 4. The number of H-pyrrole nitrogens is 1. The van der Waals surface area contributed by atoms with Crippen molar-refractivity contribution in [3.63, 3.8) is 0 Å². The van der Waals surface area contributed by atoms with E-state index >= 15 is 0 Å². The zero-order chi connectivity index (χ0) is 15.5. The number of nitrogens with one attached hydrogen (secondary N) is 1. The van der Waals surface area contributed by atoms with Gasteiger partial charge in [0.25, 0.3) is 0 Å². The number of nitrogens with zero attached hydrogens (tertiary/aromatic N) is 3. The maximum atomic E-state index is 11.0. The zero-order valence-corrected chi connectivity index (χ0v) is 13.4. The molecular weight excluding hydrogens is 368 g/mol. The predicted molar refractivity (Wildman–Crippen MR) is 84.8 cm³/mol. The van der Waals surface area contributed by atoms with Gasteiger partial charge in [0.15, 0.2) is 5.03 Å². The number of rotatable bonds is 4. The third-order valence-electron chi connectivity index (χ3n) is 2.83. The Morgan fingerprint density at radius 3 is 2.45 bits per heavy atom. The van der Waals surface area contributed by atoms with Gasteiger partial charge in [0, 0.05) is 16.2 Å². The Morgan fingerprint density at radius 1 is 1.09 bits per heavy atom. The van der Waals surface area contributed by atoms with Crippen molar-refractivity contribution in [2.45, 2.75) is 10.1 Å². The van der Waals surface area contributed by atoms with Crippen molar-refractivity contribution in [2.24, 2.45) is 0 Å². The van der Waals surface area contributed by atoms with Crippen LogP contribution in [-0.2, 0) is 0 Å². The molecule has 110 valence electrons. The highest BCUT2D eigenvalue weighted by atomic mass is 79.9. The average molecular weight is 377 g/mol. The number of carboxylic acid groups (broad SMARTS) is 1. The van der Waals surface area contributed by atoms with Gasteiger partial charge in [0.05, 0.1) is 0 Å². The number of hydrogen-bond donors (Lipinski definition) is 2. The molecule has 0 saturated carbocycles. The maximum absolute atomic E-state index is 11.0. The fraction of sp³-hybridized carbons (Fsp3) is 0. The van der Waals surface area contributed by atoms with Gasteiger partial charge in [0.2, 0.25) is 5.69 Å². The summed E-state index contributed by atoms with van der Waals surface area (Å²) in [6, 6.07) is 11.7. The van der Waals surface area contributed by atoms with E-state index in [1.807, 2.05) is 36.4 Å². The van der Waals surface area contributed by atoms with Crippen LogP contribution in [-0.4, -0.2) is 31.5 Å². The minimum absolute atomic E-state index is 0.108. The molecule has 6 nitrogen and oxygen atoms in total. The highest BCUT2D eigenvalue weighted by Crippen LogP contribution is 2.28. The number of halogens is 1. The van der Waals surface area contributed by atoms with E-state index in [2.05, 4.69) is 36.3 Å². The molecule has 0 amide bonds. The van der Waals surface area contributed by atoms with Crippen molar-refractivity contribution in [3.05, 3.63) is 52.8 Å². The van der Waals surface area contributed by atoms with E-state index in [1.54, 1.807) is 6.20 Å². The van der Waals surface area contributed by atoms with Crippen LogP contribution in [0, 0.1) is 0 Å². The van der Waals surface area contributed by atoms with E-state index in [-0.39, 0.29) is 10.7 Å². The molecule has 2 N–H and O–H groups in total. The standard InChI is InChI=1S/C14H9BrN4O2S/c15-10-4-1-8(2-5-10)9-3-6-11(16-7-9)22-13-12(14(20)21)17-19-18-13/h1-7H,(H,20,21)(H,17,18,19). The summed E-state index contributed by atoms with van der Waals surface area (Å²) in [7, 11) is 0. The average Bonchev–Trinajstić information content (AvgIpc) is 2.97. The maximum Gasteiger partial charge on any atom is 0.359 e. The number of benzene rings is 1. The molecular formula is C14H9BrN4O2S. The summed E-state index contributed by atoms with van der Waals surface area (Å²) >= 11 is 4.55. The molecule has 8 heteroatoms. The SMILES string of the molecule is O=C(O)c1n[nH]nc1Sc1ccc(-c2ccc(Br)cc2)cn1. The molecule has 2 aromatic heterocycles. The molecule has 0 fully saturated rings. The normalized spacial score (nSPS) is 10.6. The van der Waals surface area contributed by atoms with Gasteiger partial charge in [-0.05, 0) is 35.5 Å². The molecule has 1 aromatic carbocycles. The highest BCUT2D eigenvalue weighted by Gasteiger charge is 2.16. The molecule has 0 aliphatic rings. The minimum Gasteiger partial charge on any atom is -0.476 e. The van der Waals surface area contributed by atoms with Crippen LogP contribution in [0.2, 0.25) is 0 Å². The summed E-state index contributed by atoms with van der Waals surface area (Å²) in [4.78, 5) is 15.3. The molecule has 3 aromatic rings. The second-order valence-electron chi connectivity index (χ2n) is 4.28. The Balaban J connectivity index is 1.81. The molecule has 0 bridgehead atoms. The monoisotopic (exact) mass is 376 g/mol. The van der Waals surface area contributed by atoms with Crippen molar-refractivity contribution in [1.82, 2.24) is 20.4 Å². The third-order valence-corrected chi connectivity index (χ3v) is 4.29. The quantitative estimate of drug-likeness (QED) is 0.723. The Morgan fingerprint density at radius 2 is 1.82 bits per heavy atom. The molecule has 0 atom stereocenters. The van der Waals surface area contributed by atoms with E-state index < -0.39 is 5.97 Å². The lowest BCUT2D eigenvalue weighted by molar-refractivity contribution is 0.0686. The Labute approximate surface area is 138 Å². The Bertz CT molecular complexity index is 802. The van der Waals surface area contributed by atoms with Gasteiger partial charge in [0.1, 0.15) is 5.03 Å². The van der Waals surface area contributed by atoms with Crippen LogP contribution in [0.15, 0.2) is 57.1 Å². The van der Waals surface area contributed by atoms with Gasteiger partial charge in [-0.2, -0.15) is 5.21 Å². The number of aromatic carboxylic acids is 1. The summed E-state index contributed by atoms with van der Waals surface area (Å²) in [5.41, 5.74) is 1.93. The van der Waals surface area contributed by atoms with E-state index in [1.165, 1.54) is 0 Å². The number of carboxylic acids is 1. The molecule has 0 unspecified atom stereocenters. The third kappa shape index (κ3) is 3.18. The van der Waals surface area contributed by atoms with E-state index in [4.69, 9.17) is 5.11 Å². The number of aromatic amines is 1. The van der Waals surface area contributed by atoms with Gasteiger partial charge < -0.3 is 5.11 Å². The van der Waals surface area contributed by atoms with Gasteiger partial charge >= 0.3 is 5.97 Å². The Kier molecular flexibility index (Phi) is 4.21. The van der Waals surface area contributed by atoms with Crippen LogP contribution >= 0.6 is 27.7 Å². The number of carbonyl (C=O) groups is 1. The first-order valence-corrected chi connectivity index (χ1v) is 7.78. The van der Waals surface area contributed by atoms with Crippen molar-refractivity contribution in [3.8, 4) is 11.1 Å². The van der Waals surface area contributed by atoms with E-state index in [9.17, 15) is 4.79 Å². The molecule has 0 spiro atoms. The van der Waals surface area contributed by atoms with Crippen LogP contribution in [0.25, 0.3) is 11.1 Å². The van der Waals surface area contributed by atoms with Crippen molar-refractivity contribution in [2.75, 3.05) is 0 Å². The first kappa shape index (κ1) is 14.7. The van der Waals surface area contributed by atoms with Crippen molar-refractivity contribution >= 4 is 33.7 Å². The Hall–Kier alpha value is -2.19. The molecule has 0 aliphatic carbocycles. The lowest BCUT2D eigenvalue weighted by Gasteiger charge is -2.03. The van der Waals surface area contributed by atoms with Crippen LogP contribution in [0.1, 0.15) is 10.5 Å². The fourth-order valence-corrected chi connectivity index (χ4v) is 2.80. The van der Waals surface area contributed by atoms with Crippen molar-refractivity contribution in [1.29, 1.82) is 0 Å². The summed E-state index contributed by atoms with van der Waals surface area (Å²) in [6.07, 6.45) is 1.74.